The van der Waals surface area contributed by atoms with E-state index in [4.69, 9.17) is 5.73 Å². The molecule has 1 amide bonds. The Bertz CT molecular complexity index is 528. The minimum atomic E-state index is -0.565. The lowest BCUT2D eigenvalue weighted by atomic mass is 10.2. The smallest absolute Gasteiger partial charge is 0.252 e. The molecule has 6 nitrogen and oxygen atoms in total. The molecule has 0 saturated carbocycles. The monoisotopic (exact) mass is 235 g/mol. The van der Waals surface area contributed by atoms with Gasteiger partial charge in [0.2, 0.25) is 0 Å². The zero-order valence-electron chi connectivity index (χ0n) is 8.47. The summed E-state index contributed by atoms with van der Waals surface area (Å²) in [4.78, 5) is 13.3. The zero-order valence-corrected chi connectivity index (χ0v) is 9.28. The van der Waals surface area contributed by atoms with Gasteiger partial charge in [-0.3, -0.25) is 4.79 Å². The highest BCUT2D eigenvalue weighted by Crippen LogP contribution is 2.20. The van der Waals surface area contributed by atoms with Crippen LogP contribution < -0.4 is 5.73 Å². The summed E-state index contributed by atoms with van der Waals surface area (Å²) in [6.45, 7) is 1.99. The molecule has 0 aliphatic rings. The second kappa shape index (κ2) is 4.23. The molecule has 7 heteroatoms. The second-order valence-electron chi connectivity index (χ2n) is 3.12. The van der Waals surface area contributed by atoms with E-state index in [9.17, 15) is 4.79 Å². The molecule has 2 aromatic rings. The Labute approximate surface area is 95.2 Å². The van der Waals surface area contributed by atoms with Crippen LogP contribution in [-0.4, -0.2) is 26.5 Å². The second-order valence-corrected chi connectivity index (χ2v) is 4.44. The van der Waals surface area contributed by atoms with Gasteiger partial charge < -0.3 is 5.73 Å². The molecule has 0 atom stereocenters. The van der Waals surface area contributed by atoms with Crippen molar-refractivity contribution < 1.29 is 4.79 Å². The first-order valence-corrected chi connectivity index (χ1v) is 5.30. The van der Waals surface area contributed by atoms with Gasteiger partial charge in [-0.1, -0.05) is 0 Å². The van der Waals surface area contributed by atoms with Crippen LogP contribution >= 0.6 is 11.3 Å². The van der Waals surface area contributed by atoms with Crippen molar-refractivity contribution in [3.8, 4) is 0 Å². The number of hydrogen-bond acceptors (Lipinski definition) is 5. The first kappa shape index (κ1) is 10.5. The molecule has 0 spiro atoms. The molecule has 0 aliphatic carbocycles. The normalized spacial score (nSPS) is 11.7. The number of aromatic nitrogens is 4. The Morgan fingerprint density at radius 1 is 1.56 bits per heavy atom. The van der Waals surface area contributed by atoms with Crippen LogP contribution in [0.1, 0.15) is 15.6 Å². The van der Waals surface area contributed by atoms with Crippen LogP contribution in [0.15, 0.2) is 12.1 Å². The standard InChI is InChI=1S/C9H9N5OS/c1-5-2-3-6(16-5)4-7(8(10)15)9-11-13-14-12-9/h2-4H,1H3,(H2,10,15)(H,11,12,13,14). The van der Waals surface area contributed by atoms with E-state index in [-0.39, 0.29) is 11.4 Å². The number of aryl methyl sites for hydroxylation is 1. The van der Waals surface area contributed by atoms with Gasteiger partial charge in [-0.25, -0.2) is 5.10 Å². The fourth-order valence-corrected chi connectivity index (χ4v) is 2.02. The van der Waals surface area contributed by atoms with Crippen LogP contribution in [0, 0.1) is 6.92 Å². The third-order valence-corrected chi connectivity index (χ3v) is 2.86. The quantitative estimate of drug-likeness (QED) is 0.761. The first-order valence-electron chi connectivity index (χ1n) is 4.49. The molecule has 0 fully saturated rings. The van der Waals surface area contributed by atoms with E-state index in [0.717, 1.165) is 9.75 Å². The summed E-state index contributed by atoms with van der Waals surface area (Å²) in [6, 6.07) is 3.88. The van der Waals surface area contributed by atoms with Crippen molar-refractivity contribution in [2.45, 2.75) is 6.92 Å². The maximum Gasteiger partial charge on any atom is 0.252 e. The van der Waals surface area contributed by atoms with Crippen molar-refractivity contribution in [3.63, 3.8) is 0 Å². The highest BCUT2D eigenvalue weighted by Gasteiger charge is 2.12. The van der Waals surface area contributed by atoms with Crippen LogP contribution in [-0.2, 0) is 4.79 Å². The van der Waals surface area contributed by atoms with Gasteiger partial charge in [-0.2, -0.15) is 0 Å². The molecule has 0 unspecified atom stereocenters. The van der Waals surface area contributed by atoms with Crippen molar-refractivity contribution in [1.29, 1.82) is 0 Å². The van der Waals surface area contributed by atoms with Gasteiger partial charge in [0.15, 0.2) is 5.82 Å². The van der Waals surface area contributed by atoms with Crippen molar-refractivity contribution >= 4 is 28.9 Å². The zero-order chi connectivity index (χ0) is 11.5. The van der Waals surface area contributed by atoms with Crippen LogP contribution in [0.25, 0.3) is 11.6 Å². The van der Waals surface area contributed by atoms with Crippen molar-refractivity contribution in [2.24, 2.45) is 5.73 Å². The number of amides is 1. The van der Waals surface area contributed by atoms with Crippen LogP contribution in [0.3, 0.4) is 0 Å². The summed E-state index contributed by atoms with van der Waals surface area (Å²) >= 11 is 1.56. The fourth-order valence-electron chi connectivity index (χ4n) is 1.20. The number of thiophene rings is 1. The number of tetrazole rings is 1. The van der Waals surface area contributed by atoms with E-state index in [2.05, 4.69) is 20.6 Å². The number of nitrogens with two attached hydrogens (primary N) is 1. The van der Waals surface area contributed by atoms with E-state index >= 15 is 0 Å². The molecular formula is C9H9N5OS. The Hall–Kier alpha value is -2.02. The van der Waals surface area contributed by atoms with Gasteiger partial charge in [0.1, 0.15) is 0 Å². The van der Waals surface area contributed by atoms with Crippen molar-refractivity contribution in [1.82, 2.24) is 20.6 Å². The number of rotatable bonds is 3. The molecule has 16 heavy (non-hydrogen) atoms. The maximum atomic E-state index is 11.3. The number of carbonyl (C=O) groups excluding carboxylic acids is 1. The molecule has 0 aliphatic heterocycles. The third-order valence-electron chi connectivity index (χ3n) is 1.91. The largest absolute Gasteiger partial charge is 0.365 e. The highest BCUT2D eigenvalue weighted by molar-refractivity contribution is 7.12. The van der Waals surface area contributed by atoms with Gasteiger partial charge >= 0.3 is 0 Å². The lowest BCUT2D eigenvalue weighted by molar-refractivity contribution is -0.112. The number of hydrogen-bond donors (Lipinski definition) is 2. The van der Waals surface area contributed by atoms with Gasteiger partial charge in [0.05, 0.1) is 5.57 Å². The van der Waals surface area contributed by atoms with Gasteiger partial charge in [-0.05, 0) is 35.6 Å². The van der Waals surface area contributed by atoms with Crippen LogP contribution in [0.2, 0.25) is 0 Å². The Kier molecular flexibility index (Phi) is 2.78. The lowest BCUT2D eigenvalue weighted by Gasteiger charge is -1.95. The van der Waals surface area contributed by atoms with E-state index < -0.39 is 5.91 Å². The Morgan fingerprint density at radius 2 is 2.38 bits per heavy atom. The van der Waals surface area contributed by atoms with E-state index in [1.54, 1.807) is 17.4 Å². The number of nitrogens with zero attached hydrogens (tertiary/aromatic N) is 3. The third kappa shape index (κ3) is 2.14. The lowest BCUT2D eigenvalue weighted by Crippen LogP contribution is -2.13. The van der Waals surface area contributed by atoms with Crippen LogP contribution in [0.4, 0.5) is 0 Å². The Balaban J connectivity index is 2.41. The fraction of sp³-hybridized carbons (Fsp3) is 0.111. The molecule has 2 rings (SSSR count). The SMILES string of the molecule is Cc1ccc(C=C(C(N)=O)c2nnn[nH]2)s1. The summed E-state index contributed by atoms with van der Waals surface area (Å²) in [5, 5.41) is 13.0. The summed E-state index contributed by atoms with van der Waals surface area (Å²) in [5.41, 5.74) is 5.53. The molecule has 82 valence electrons. The van der Waals surface area contributed by atoms with Crippen LogP contribution in [0.5, 0.6) is 0 Å². The summed E-state index contributed by atoms with van der Waals surface area (Å²) in [5.74, 6) is -0.289. The molecule has 2 heterocycles. The highest BCUT2D eigenvalue weighted by atomic mass is 32.1. The van der Waals surface area contributed by atoms with Crippen molar-refractivity contribution in [2.75, 3.05) is 0 Å². The maximum absolute atomic E-state index is 11.3. The summed E-state index contributed by atoms with van der Waals surface area (Å²) < 4.78 is 0. The molecule has 0 bridgehead atoms. The average molecular weight is 235 g/mol. The molecule has 0 saturated heterocycles. The van der Waals surface area contributed by atoms with Gasteiger partial charge in [0, 0.05) is 9.75 Å². The molecule has 0 aromatic carbocycles. The molecule has 3 N–H and O–H groups in total. The predicted molar refractivity (Wildman–Crippen MR) is 60.3 cm³/mol. The minimum Gasteiger partial charge on any atom is -0.365 e. The van der Waals surface area contributed by atoms with E-state index in [1.807, 2.05) is 19.1 Å². The first-order chi connectivity index (χ1) is 7.66. The number of nitrogens with one attached hydrogen (secondary N) is 1. The van der Waals surface area contributed by atoms with Crippen molar-refractivity contribution in [3.05, 3.63) is 27.7 Å². The number of primary amides is 1. The number of aromatic amines is 1. The van der Waals surface area contributed by atoms with E-state index in [0.29, 0.717) is 0 Å². The van der Waals surface area contributed by atoms with Gasteiger partial charge in [-0.15, -0.1) is 16.4 Å². The minimum absolute atomic E-state index is 0.270. The average Bonchev–Trinajstić information content (AvgIpc) is 2.84. The number of carbonyl (C=O) groups is 1. The van der Waals surface area contributed by atoms with E-state index in [1.165, 1.54) is 0 Å². The number of H-pyrrole nitrogens is 1. The van der Waals surface area contributed by atoms with Gasteiger partial charge in [0.25, 0.3) is 5.91 Å². The Morgan fingerprint density at radius 3 is 2.88 bits per heavy atom. The predicted octanol–water partition coefficient (Wildman–Crippen LogP) is 0.596. The molecular weight excluding hydrogens is 226 g/mol. The summed E-state index contributed by atoms with van der Waals surface area (Å²) in [6.07, 6.45) is 1.67. The topological polar surface area (TPSA) is 97.6 Å². The molecule has 0 radical (unpaired) electrons. The summed E-state index contributed by atoms with van der Waals surface area (Å²) in [7, 11) is 0. The molecule has 2 aromatic heterocycles.